The zero-order chi connectivity index (χ0) is 20.9. The Hall–Kier alpha value is -3.26. The first-order valence-corrected chi connectivity index (χ1v) is 10.3. The van der Waals surface area contributed by atoms with Crippen LogP contribution in [0.2, 0.25) is 0 Å². The number of phenolic OH excluding ortho intramolecular Hbond substituents is 1. The van der Waals surface area contributed by atoms with Crippen molar-refractivity contribution in [3.05, 3.63) is 42.1 Å². The average Bonchev–Trinajstić information content (AvgIpc) is 3.38. The summed E-state index contributed by atoms with van der Waals surface area (Å²) in [6.07, 6.45) is 5.15. The van der Waals surface area contributed by atoms with Crippen molar-refractivity contribution in [3.63, 3.8) is 0 Å². The lowest BCUT2D eigenvalue weighted by atomic mass is 10.1. The molecule has 2 aromatic heterocycles. The SMILES string of the molecule is Cc1cc(Nc2c(OCCN3CCCC3)nn3ccccc23)c(NCC=O)cc1O. The standard InChI is InChI=1S/C22H27N5O3/c1-16-14-18(17(15-20(16)29)23-7-12-28)24-21-19-6-2-3-10-27(19)25-22(21)30-13-11-26-8-4-5-9-26/h2-3,6,10,12,14-15,23-24,29H,4-5,7-9,11,13H2,1H3. The second kappa shape index (κ2) is 9.04. The molecule has 158 valence electrons. The Kier molecular flexibility index (Phi) is 6.04. The molecule has 1 aliphatic rings. The van der Waals surface area contributed by atoms with E-state index < -0.39 is 0 Å². The van der Waals surface area contributed by atoms with Gasteiger partial charge in [-0.05, 0) is 56.6 Å². The van der Waals surface area contributed by atoms with Crippen LogP contribution in [0.1, 0.15) is 18.4 Å². The molecule has 1 aliphatic heterocycles. The molecule has 8 nitrogen and oxygen atoms in total. The van der Waals surface area contributed by atoms with Gasteiger partial charge in [0.25, 0.3) is 5.88 Å². The van der Waals surface area contributed by atoms with Gasteiger partial charge in [0.15, 0.2) is 0 Å². The largest absolute Gasteiger partial charge is 0.508 e. The van der Waals surface area contributed by atoms with E-state index in [2.05, 4.69) is 20.6 Å². The molecule has 4 rings (SSSR count). The van der Waals surface area contributed by atoms with Gasteiger partial charge in [0, 0.05) is 18.8 Å². The van der Waals surface area contributed by atoms with Crippen molar-refractivity contribution >= 4 is 28.9 Å². The number of anilines is 3. The summed E-state index contributed by atoms with van der Waals surface area (Å²) in [7, 11) is 0. The van der Waals surface area contributed by atoms with Gasteiger partial charge in [0.1, 0.15) is 24.3 Å². The van der Waals surface area contributed by atoms with Crippen LogP contribution in [0.3, 0.4) is 0 Å². The number of phenols is 1. The van der Waals surface area contributed by atoms with E-state index in [-0.39, 0.29) is 12.3 Å². The molecule has 0 unspecified atom stereocenters. The van der Waals surface area contributed by atoms with E-state index in [0.29, 0.717) is 18.2 Å². The van der Waals surface area contributed by atoms with Crippen LogP contribution in [0.15, 0.2) is 36.5 Å². The number of pyridine rings is 1. The van der Waals surface area contributed by atoms with Gasteiger partial charge in [-0.15, -0.1) is 5.10 Å². The smallest absolute Gasteiger partial charge is 0.257 e. The molecule has 1 aromatic carbocycles. The first-order chi connectivity index (χ1) is 14.7. The second-order valence-electron chi connectivity index (χ2n) is 7.46. The van der Waals surface area contributed by atoms with Crippen LogP contribution < -0.4 is 15.4 Å². The topological polar surface area (TPSA) is 91.1 Å². The molecule has 30 heavy (non-hydrogen) atoms. The number of nitrogens with zero attached hydrogens (tertiary/aromatic N) is 3. The predicted octanol–water partition coefficient (Wildman–Crippen LogP) is 3.18. The molecule has 3 N–H and O–H groups in total. The van der Waals surface area contributed by atoms with E-state index in [1.54, 1.807) is 10.6 Å². The number of ether oxygens (including phenoxy) is 1. The number of fused-ring (bicyclic) bond motifs is 1. The van der Waals surface area contributed by atoms with Crippen LogP contribution >= 0.6 is 0 Å². The number of carbonyl (C=O) groups excluding carboxylic acids is 1. The van der Waals surface area contributed by atoms with Crippen molar-refractivity contribution in [2.75, 3.05) is 43.4 Å². The lowest BCUT2D eigenvalue weighted by Crippen LogP contribution is -2.25. The summed E-state index contributed by atoms with van der Waals surface area (Å²) in [5.41, 5.74) is 3.71. The lowest BCUT2D eigenvalue weighted by molar-refractivity contribution is -0.106. The molecule has 0 amide bonds. The number of aromatic nitrogens is 2. The molecule has 0 radical (unpaired) electrons. The summed E-state index contributed by atoms with van der Waals surface area (Å²) in [6.45, 7) is 5.65. The Bertz CT molecular complexity index is 1030. The monoisotopic (exact) mass is 409 g/mol. The van der Waals surface area contributed by atoms with E-state index >= 15 is 0 Å². The normalized spacial score (nSPS) is 14.2. The minimum atomic E-state index is 0.144. The third-order valence-corrected chi connectivity index (χ3v) is 5.32. The third kappa shape index (κ3) is 4.33. The highest BCUT2D eigenvalue weighted by Gasteiger charge is 2.18. The molecule has 0 bridgehead atoms. The van der Waals surface area contributed by atoms with Gasteiger partial charge in [-0.2, -0.15) is 0 Å². The van der Waals surface area contributed by atoms with E-state index in [0.717, 1.165) is 48.4 Å². The summed E-state index contributed by atoms with van der Waals surface area (Å²) in [5.74, 6) is 0.684. The van der Waals surface area contributed by atoms with Crippen LogP contribution in [0.5, 0.6) is 11.6 Å². The first-order valence-electron chi connectivity index (χ1n) is 10.3. The minimum absolute atomic E-state index is 0.144. The van der Waals surface area contributed by atoms with Gasteiger partial charge < -0.3 is 25.3 Å². The van der Waals surface area contributed by atoms with Gasteiger partial charge in [-0.25, -0.2) is 4.52 Å². The quantitative estimate of drug-likeness (QED) is 0.369. The number of nitrogens with one attached hydrogen (secondary N) is 2. The Morgan fingerprint density at radius 1 is 1.23 bits per heavy atom. The molecule has 0 spiro atoms. The van der Waals surface area contributed by atoms with Crippen LogP contribution in [0.4, 0.5) is 17.1 Å². The highest BCUT2D eigenvalue weighted by atomic mass is 16.5. The molecule has 1 fully saturated rings. The fraction of sp³-hybridized carbons (Fsp3) is 0.364. The van der Waals surface area contributed by atoms with Crippen molar-refractivity contribution in [1.29, 1.82) is 0 Å². The number of hydrogen-bond acceptors (Lipinski definition) is 7. The fourth-order valence-electron chi connectivity index (χ4n) is 3.71. The maximum Gasteiger partial charge on any atom is 0.257 e. The Labute approximate surface area is 175 Å². The van der Waals surface area contributed by atoms with Crippen LogP contribution in [-0.2, 0) is 4.79 Å². The van der Waals surface area contributed by atoms with E-state index in [4.69, 9.17) is 4.74 Å². The van der Waals surface area contributed by atoms with Crippen molar-refractivity contribution in [3.8, 4) is 11.6 Å². The van der Waals surface area contributed by atoms with Gasteiger partial charge >= 0.3 is 0 Å². The summed E-state index contributed by atoms with van der Waals surface area (Å²) in [5, 5.41) is 21.1. The Balaban J connectivity index is 1.62. The summed E-state index contributed by atoms with van der Waals surface area (Å²) < 4.78 is 7.85. The number of likely N-dealkylation sites (tertiary alicyclic amines) is 1. The van der Waals surface area contributed by atoms with Crippen LogP contribution in [0, 0.1) is 6.92 Å². The average molecular weight is 409 g/mol. The van der Waals surface area contributed by atoms with Crippen molar-refractivity contribution in [1.82, 2.24) is 14.5 Å². The third-order valence-electron chi connectivity index (χ3n) is 5.32. The lowest BCUT2D eigenvalue weighted by Gasteiger charge is -2.16. The van der Waals surface area contributed by atoms with Crippen molar-refractivity contribution in [2.24, 2.45) is 0 Å². The molecule has 8 heteroatoms. The summed E-state index contributed by atoms with van der Waals surface area (Å²) in [4.78, 5) is 13.2. The van der Waals surface area contributed by atoms with E-state index in [1.807, 2.05) is 37.4 Å². The highest BCUT2D eigenvalue weighted by Crippen LogP contribution is 2.37. The zero-order valence-electron chi connectivity index (χ0n) is 17.1. The first kappa shape index (κ1) is 20.0. The number of hydrogen-bond donors (Lipinski definition) is 3. The number of benzene rings is 1. The minimum Gasteiger partial charge on any atom is -0.508 e. The number of aromatic hydroxyl groups is 1. The maximum absolute atomic E-state index is 10.8. The van der Waals surface area contributed by atoms with E-state index in [1.165, 1.54) is 12.8 Å². The molecule has 0 aliphatic carbocycles. The Morgan fingerprint density at radius 2 is 2.07 bits per heavy atom. The van der Waals surface area contributed by atoms with Gasteiger partial charge in [0.2, 0.25) is 0 Å². The van der Waals surface area contributed by atoms with Crippen LogP contribution in [-0.4, -0.2) is 58.7 Å². The van der Waals surface area contributed by atoms with E-state index in [9.17, 15) is 9.90 Å². The molecule has 0 saturated carbocycles. The molecule has 3 aromatic rings. The molecular formula is C22H27N5O3. The fourth-order valence-corrected chi connectivity index (χ4v) is 3.71. The van der Waals surface area contributed by atoms with Gasteiger partial charge in [0.05, 0.1) is 23.4 Å². The summed E-state index contributed by atoms with van der Waals surface area (Å²) >= 11 is 0. The Morgan fingerprint density at radius 3 is 2.87 bits per heavy atom. The molecular weight excluding hydrogens is 382 g/mol. The van der Waals surface area contributed by atoms with Crippen LogP contribution in [0.25, 0.3) is 5.52 Å². The highest BCUT2D eigenvalue weighted by molar-refractivity contribution is 5.86. The second-order valence-corrected chi connectivity index (χ2v) is 7.46. The molecule has 1 saturated heterocycles. The predicted molar refractivity (Wildman–Crippen MR) is 117 cm³/mol. The van der Waals surface area contributed by atoms with Crippen molar-refractivity contribution in [2.45, 2.75) is 19.8 Å². The summed E-state index contributed by atoms with van der Waals surface area (Å²) in [6, 6.07) is 9.28. The number of rotatable bonds is 9. The molecule has 3 heterocycles. The van der Waals surface area contributed by atoms with Gasteiger partial charge in [-0.1, -0.05) is 6.07 Å². The molecule has 0 atom stereocenters. The number of aldehydes is 1. The number of carbonyl (C=O) groups is 1. The maximum atomic E-state index is 10.8. The van der Waals surface area contributed by atoms with Gasteiger partial charge in [-0.3, -0.25) is 4.90 Å². The number of aryl methyl sites for hydroxylation is 1. The van der Waals surface area contributed by atoms with Crippen molar-refractivity contribution < 1.29 is 14.6 Å². The zero-order valence-corrected chi connectivity index (χ0v) is 17.1.